The average molecular weight is 252 g/mol. The molecule has 3 heteroatoms. The topological polar surface area (TPSA) is 24.9 Å². The third kappa shape index (κ3) is 4.60. The van der Waals surface area contributed by atoms with Crippen molar-refractivity contribution in [2.24, 2.45) is 5.92 Å². The highest BCUT2D eigenvalue weighted by atomic mass is 32.1. The first kappa shape index (κ1) is 14.4. The Bertz CT molecular complexity index is 378. The number of hydrogen-bond acceptors (Lipinski definition) is 3. The van der Waals surface area contributed by atoms with Gasteiger partial charge in [-0.3, -0.25) is 0 Å². The standard InChI is InChI=1S/C14H24N2S/c1-6-7-15-9-13(10(2)3)8-14-11(4)16-12(5)17-14/h8,10,15H,6-7,9H2,1-5H3. The first-order chi connectivity index (χ1) is 8.04. The third-order valence-electron chi connectivity index (χ3n) is 2.75. The molecule has 0 spiro atoms. The van der Waals surface area contributed by atoms with Gasteiger partial charge in [-0.1, -0.05) is 26.3 Å². The SMILES string of the molecule is CCCNCC(=Cc1sc(C)nc1C)C(C)C. The smallest absolute Gasteiger partial charge is 0.0903 e. The Morgan fingerprint density at radius 2 is 2.12 bits per heavy atom. The predicted molar refractivity (Wildman–Crippen MR) is 77.6 cm³/mol. The number of nitrogens with one attached hydrogen (secondary N) is 1. The molecular formula is C14H24N2S. The van der Waals surface area contributed by atoms with E-state index in [9.17, 15) is 0 Å². The van der Waals surface area contributed by atoms with Crippen LogP contribution < -0.4 is 5.32 Å². The summed E-state index contributed by atoms with van der Waals surface area (Å²) in [4.78, 5) is 5.78. The van der Waals surface area contributed by atoms with Crippen molar-refractivity contribution >= 4 is 17.4 Å². The van der Waals surface area contributed by atoms with E-state index in [-0.39, 0.29) is 0 Å². The molecule has 2 nitrogen and oxygen atoms in total. The Morgan fingerprint density at radius 3 is 2.59 bits per heavy atom. The largest absolute Gasteiger partial charge is 0.313 e. The molecule has 0 aliphatic carbocycles. The second-order valence-electron chi connectivity index (χ2n) is 4.73. The monoisotopic (exact) mass is 252 g/mol. The summed E-state index contributed by atoms with van der Waals surface area (Å²) < 4.78 is 0. The number of aromatic nitrogens is 1. The van der Waals surface area contributed by atoms with Crippen molar-refractivity contribution in [1.82, 2.24) is 10.3 Å². The lowest BCUT2D eigenvalue weighted by Gasteiger charge is -2.12. The summed E-state index contributed by atoms with van der Waals surface area (Å²) in [5, 5.41) is 4.63. The van der Waals surface area contributed by atoms with E-state index in [2.05, 4.69) is 51.0 Å². The number of hydrogen-bond donors (Lipinski definition) is 1. The molecule has 1 aromatic heterocycles. The molecule has 0 unspecified atom stereocenters. The van der Waals surface area contributed by atoms with E-state index in [4.69, 9.17) is 0 Å². The van der Waals surface area contributed by atoms with Crippen LogP contribution >= 0.6 is 11.3 Å². The van der Waals surface area contributed by atoms with Crippen molar-refractivity contribution in [3.8, 4) is 0 Å². The van der Waals surface area contributed by atoms with Crippen LogP contribution in [0.4, 0.5) is 0 Å². The molecule has 17 heavy (non-hydrogen) atoms. The molecule has 0 radical (unpaired) electrons. The predicted octanol–water partition coefficient (Wildman–Crippen LogP) is 3.80. The van der Waals surface area contributed by atoms with Crippen LogP contribution in [-0.2, 0) is 0 Å². The molecular weight excluding hydrogens is 228 g/mol. The fourth-order valence-electron chi connectivity index (χ4n) is 1.68. The average Bonchev–Trinajstić information content (AvgIpc) is 2.56. The molecule has 0 aromatic carbocycles. The molecule has 0 bridgehead atoms. The summed E-state index contributed by atoms with van der Waals surface area (Å²) in [6.45, 7) is 12.9. The fraction of sp³-hybridized carbons (Fsp3) is 0.643. The van der Waals surface area contributed by atoms with E-state index in [1.807, 2.05) is 0 Å². The molecule has 0 saturated carbocycles. The Hall–Kier alpha value is -0.670. The van der Waals surface area contributed by atoms with Crippen LogP contribution in [0.15, 0.2) is 5.57 Å². The zero-order chi connectivity index (χ0) is 12.8. The lowest BCUT2D eigenvalue weighted by Crippen LogP contribution is -2.19. The minimum atomic E-state index is 0.584. The Labute approximate surface area is 109 Å². The molecule has 0 aliphatic rings. The van der Waals surface area contributed by atoms with E-state index >= 15 is 0 Å². The van der Waals surface area contributed by atoms with Gasteiger partial charge in [0.1, 0.15) is 0 Å². The summed E-state index contributed by atoms with van der Waals surface area (Å²) in [7, 11) is 0. The highest BCUT2D eigenvalue weighted by Crippen LogP contribution is 2.22. The zero-order valence-corrected chi connectivity index (χ0v) is 12.4. The first-order valence-electron chi connectivity index (χ1n) is 6.39. The summed E-state index contributed by atoms with van der Waals surface area (Å²) in [5.41, 5.74) is 2.62. The van der Waals surface area contributed by atoms with Crippen LogP contribution in [-0.4, -0.2) is 18.1 Å². The molecule has 96 valence electrons. The van der Waals surface area contributed by atoms with Crippen LogP contribution in [0.3, 0.4) is 0 Å². The van der Waals surface area contributed by atoms with E-state index in [1.54, 1.807) is 11.3 Å². The van der Waals surface area contributed by atoms with Crippen LogP contribution in [0.2, 0.25) is 0 Å². The second-order valence-corrected chi connectivity index (χ2v) is 5.97. The van der Waals surface area contributed by atoms with Gasteiger partial charge in [-0.15, -0.1) is 11.3 Å². The molecule has 1 aromatic rings. The molecule has 1 N–H and O–H groups in total. The summed E-state index contributed by atoms with van der Waals surface area (Å²) in [6, 6.07) is 0. The van der Waals surface area contributed by atoms with Gasteiger partial charge in [0.15, 0.2) is 0 Å². The molecule has 0 amide bonds. The maximum absolute atomic E-state index is 4.47. The lowest BCUT2D eigenvalue weighted by molar-refractivity contribution is 0.657. The van der Waals surface area contributed by atoms with Crippen molar-refractivity contribution in [2.45, 2.75) is 41.0 Å². The third-order valence-corrected chi connectivity index (χ3v) is 3.77. The normalized spacial score (nSPS) is 12.5. The van der Waals surface area contributed by atoms with Gasteiger partial charge in [0.25, 0.3) is 0 Å². The van der Waals surface area contributed by atoms with Crippen LogP contribution in [0.1, 0.15) is 42.8 Å². The molecule has 0 aliphatic heterocycles. The highest BCUT2D eigenvalue weighted by molar-refractivity contribution is 7.12. The van der Waals surface area contributed by atoms with Gasteiger partial charge in [-0.2, -0.15) is 0 Å². The van der Waals surface area contributed by atoms with Crippen molar-refractivity contribution < 1.29 is 0 Å². The highest BCUT2D eigenvalue weighted by Gasteiger charge is 2.07. The second kappa shape index (κ2) is 6.92. The van der Waals surface area contributed by atoms with Crippen molar-refractivity contribution in [3.05, 3.63) is 21.2 Å². The maximum Gasteiger partial charge on any atom is 0.0903 e. The zero-order valence-electron chi connectivity index (χ0n) is 11.6. The summed E-state index contributed by atoms with van der Waals surface area (Å²) in [6.07, 6.45) is 3.50. The number of rotatable bonds is 6. The van der Waals surface area contributed by atoms with Gasteiger partial charge >= 0.3 is 0 Å². The Balaban J connectivity index is 2.79. The number of aryl methyl sites for hydroxylation is 2. The van der Waals surface area contributed by atoms with Crippen LogP contribution in [0.5, 0.6) is 0 Å². The van der Waals surface area contributed by atoms with Gasteiger partial charge in [-0.05, 0) is 38.8 Å². The Kier molecular flexibility index (Phi) is 5.86. The van der Waals surface area contributed by atoms with Crippen molar-refractivity contribution in [3.63, 3.8) is 0 Å². The van der Waals surface area contributed by atoms with E-state index < -0.39 is 0 Å². The minimum absolute atomic E-state index is 0.584. The number of thiazole rings is 1. The molecule has 1 heterocycles. The maximum atomic E-state index is 4.47. The summed E-state index contributed by atoms with van der Waals surface area (Å²) in [5.74, 6) is 0.584. The van der Waals surface area contributed by atoms with E-state index in [0.29, 0.717) is 5.92 Å². The van der Waals surface area contributed by atoms with Gasteiger partial charge in [0.05, 0.1) is 15.6 Å². The van der Waals surface area contributed by atoms with Crippen molar-refractivity contribution in [2.75, 3.05) is 13.1 Å². The fourth-order valence-corrected chi connectivity index (χ4v) is 2.59. The van der Waals surface area contributed by atoms with Gasteiger partial charge < -0.3 is 5.32 Å². The van der Waals surface area contributed by atoms with Crippen LogP contribution in [0, 0.1) is 19.8 Å². The first-order valence-corrected chi connectivity index (χ1v) is 7.21. The Morgan fingerprint density at radius 1 is 1.41 bits per heavy atom. The van der Waals surface area contributed by atoms with Gasteiger partial charge in [-0.25, -0.2) is 4.98 Å². The lowest BCUT2D eigenvalue weighted by atomic mass is 10.0. The molecule has 1 rings (SSSR count). The summed E-state index contributed by atoms with van der Waals surface area (Å²) >= 11 is 1.78. The molecule has 0 fully saturated rings. The van der Waals surface area contributed by atoms with Gasteiger partial charge in [0.2, 0.25) is 0 Å². The van der Waals surface area contributed by atoms with E-state index in [1.165, 1.54) is 16.9 Å². The molecule has 0 atom stereocenters. The van der Waals surface area contributed by atoms with E-state index in [0.717, 1.165) is 23.8 Å². The van der Waals surface area contributed by atoms with Gasteiger partial charge in [0, 0.05) is 6.54 Å². The molecule has 0 saturated heterocycles. The van der Waals surface area contributed by atoms with Crippen LogP contribution in [0.25, 0.3) is 6.08 Å². The number of nitrogens with zero attached hydrogens (tertiary/aromatic N) is 1. The van der Waals surface area contributed by atoms with Crippen molar-refractivity contribution in [1.29, 1.82) is 0 Å². The quantitative estimate of drug-likeness (QED) is 0.779. The minimum Gasteiger partial charge on any atom is -0.313 e.